The molecule has 1 atom stereocenters. The van der Waals surface area contributed by atoms with Crippen molar-refractivity contribution in [3.63, 3.8) is 0 Å². The smallest absolute Gasteiger partial charge is 0.233 e. The third-order valence-corrected chi connectivity index (χ3v) is 2.53. The van der Waals surface area contributed by atoms with Crippen molar-refractivity contribution in [3.8, 4) is 0 Å². The van der Waals surface area contributed by atoms with Crippen LogP contribution in [0.15, 0.2) is 0 Å². The third kappa shape index (κ3) is 8.65. The maximum Gasteiger partial charge on any atom is 0.233 e. The molecule has 6 heteroatoms. The molecule has 0 aliphatic heterocycles. The molecule has 2 amide bonds. The predicted molar refractivity (Wildman–Crippen MR) is 67.2 cm³/mol. The minimum Gasteiger partial charge on any atom is -0.355 e. The Morgan fingerprint density at radius 3 is 2.29 bits per heavy atom. The van der Waals surface area contributed by atoms with E-state index in [1.807, 2.05) is 6.92 Å². The lowest BCUT2D eigenvalue weighted by atomic mass is 10.1. The largest absolute Gasteiger partial charge is 0.355 e. The van der Waals surface area contributed by atoms with Gasteiger partial charge in [0.15, 0.2) is 0 Å². The Bertz CT molecular complexity index is 234. The van der Waals surface area contributed by atoms with Crippen LogP contribution in [0.5, 0.6) is 0 Å². The molecule has 0 aliphatic carbocycles. The van der Waals surface area contributed by atoms with Crippen molar-refractivity contribution in [2.75, 3.05) is 19.6 Å². The molecule has 0 aromatic carbocycles. The summed E-state index contributed by atoms with van der Waals surface area (Å²) in [5, 5.41) is 5.56. The van der Waals surface area contributed by atoms with E-state index in [1.54, 1.807) is 0 Å². The van der Waals surface area contributed by atoms with Crippen molar-refractivity contribution in [2.24, 2.45) is 11.5 Å². The number of nitrogens with one attached hydrogen (secondary N) is 2. The molecule has 0 spiro atoms. The monoisotopic (exact) mass is 244 g/mol. The van der Waals surface area contributed by atoms with Gasteiger partial charge in [0, 0.05) is 12.6 Å². The zero-order valence-corrected chi connectivity index (χ0v) is 10.5. The molecular formula is C11H24N4O2. The Labute approximate surface area is 102 Å². The molecular weight excluding hydrogens is 220 g/mol. The molecule has 6 nitrogen and oxygen atoms in total. The van der Waals surface area contributed by atoms with Crippen LogP contribution in [0.1, 0.15) is 32.6 Å². The van der Waals surface area contributed by atoms with Crippen molar-refractivity contribution in [1.82, 2.24) is 10.6 Å². The summed E-state index contributed by atoms with van der Waals surface area (Å²) < 4.78 is 0. The van der Waals surface area contributed by atoms with E-state index in [2.05, 4.69) is 10.6 Å². The Kier molecular flexibility index (Phi) is 9.37. The lowest BCUT2D eigenvalue weighted by Gasteiger charge is -2.16. The Balaban J connectivity index is 3.56. The van der Waals surface area contributed by atoms with Gasteiger partial charge >= 0.3 is 0 Å². The van der Waals surface area contributed by atoms with Crippen LogP contribution in [-0.2, 0) is 9.59 Å². The van der Waals surface area contributed by atoms with Gasteiger partial charge in [0.1, 0.15) is 0 Å². The lowest BCUT2D eigenvalue weighted by Crippen LogP contribution is -2.38. The number of rotatable bonds is 9. The second-order valence-corrected chi connectivity index (χ2v) is 3.93. The fourth-order valence-corrected chi connectivity index (χ4v) is 1.48. The summed E-state index contributed by atoms with van der Waals surface area (Å²) in [5.74, 6) is -0.248. The van der Waals surface area contributed by atoms with Gasteiger partial charge in [-0.25, -0.2) is 0 Å². The molecule has 0 aromatic rings. The normalized spacial score (nSPS) is 11.9. The van der Waals surface area contributed by atoms with Crippen LogP contribution >= 0.6 is 0 Å². The molecule has 0 bridgehead atoms. The maximum absolute atomic E-state index is 11.1. The van der Waals surface area contributed by atoms with E-state index in [9.17, 15) is 9.59 Å². The third-order valence-electron chi connectivity index (χ3n) is 2.53. The number of hydrogen-bond acceptors (Lipinski definition) is 4. The van der Waals surface area contributed by atoms with Gasteiger partial charge in [0.05, 0.1) is 13.1 Å². The summed E-state index contributed by atoms with van der Waals surface area (Å²) in [5.41, 5.74) is 10.4. The SMILES string of the molecule is CCC(CCCCNC(=O)CN)NC(=O)CN. The highest BCUT2D eigenvalue weighted by Gasteiger charge is 2.08. The molecule has 0 rings (SSSR count). The molecule has 0 saturated carbocycles. The average Bonchev–Trinajstić information content (AvgIpc) is 2.36. The summed E-state index contributed by atoms with van der Waals surface area (Å²) in [6, 6.07) is 0.177. The van der Waals surface area contributed by atoms with E-state index in [-0.39, 0.29) is 30.9 Å². The molecule has 0 fully saturated rings. The lowest BCUT2D eigenvalue weighted by molar-refractivity contribution is -0.120. The van der Waals surface area contributed by atoms with Crippen LogP contribution in [-0.4, -0.2) is 37.5 Å². The van der Waals surface area contributed by atoms with E-state index in [0.717, 1.165) is 25.7 Å². The van der Waals surface area contributed by atoms with E-state index in [4.69, 9.17) is 11.5 Å². The predicted octanol–water partition coefficient (Wildman–Crippen LogP) is -0.915. The van der Waals surface area contributed by atoms with Gasteiger partial charge in [-0.15, -0.1) is 0 Å². The molecule has 17 heavy (non-hydrogen) atoms. The first-order chi connectivity index (χ1) is 8.13. The van der Waals surface area contributed by atoms with Gasteiger partial charge in [-0.05, 0) is 25.7 Å². The number of carbonyl (C=O) groups is 2. The highest BCUT2D eigenvalue weighted by molar-refractivity contribution is 5.78. The molecule has 100 valence electrons. The second-order valence-electron chi connectivity index (χ2n) is 3.93. The fraction of sp³-hybridized carbons (Fsp3) is 0.818. The Hall–Kier alpha value is -1.14. The Morgan fingerprint density at radius 1 is 1.12 bits per heavy atom. The van der Waals surface area contributed by atoms with Gasteiger partial charge in [0.25, 0.3) is 0 Å². The minimum absolute atomic E-state index is 0.0308. The molecule has 0 aromatic heterocycles. The quantitative estimate of drug-likeness (QED) is 0.393. The number of hydrogen-bond donors (Lipinski definition) is 4. The van der Waals surface area contributed by atoms with Crippen LogP contribution in [0.2, 0.25) is 0 Å². The van der Waals surface area contributed by atoms with Crippen LogP contribution in [0.4, 0.5) is 0 Å². The van der Waals surface area contributed by atoms with Crippen molar-refractivity contribution in [3.05, 3.63) is 0 Å². The standard InChI is InChI=1S/C11H24N4O2/c1-2-9(15-11(17)8-13)5-3-4-6-14-10(16)7-12/h9H,2-8,12-13H2,1H3,(H,14,16)(H,15,17). The average molecular weight is 244 g/mol. The first-order valence-corrected chi connectivity index (χ1v) is 6.10. The summed E-state index contributed by atoms with van der Waals surface area (Å²) in [6.45, 7) is 2.72. The van der Waals surface area contributed by atoms with Gasteiger partial charge in [-0.2, -0.15) is 0 Å². The molecule has 6 N–H and O–H groups in total. The fourth-order valence-electron chi connectivity index (χ4n) is 1.48. The van der Waals surface area contributed by atoms with Crippen LogP contribution in [0.3, 0.4) is 0 Å². The van der Waals surface area contributed by atoms with Crippen LogP contribution in [0.25, 0.3) is 0 Å². The summed E-state index contributed by atoms with van der Waals surface area (Å²) in [4.78, 5) is 21.9. The highest BCUT2D eigenvalue weighted by Crippen LogP contribution is 2.03. The van der Waals surface area contributed by atoms with E-state index < -0.39 is 0 Å². The molecule has 0 saturated heterocycles. The van der Waals surface area contributed by atoms with Crippen LogP contribution < -0.4 is 22.1 Å². The van der Waals surface area contributed by atoms with E-state index in [0.29, 0.717) is 6.54 Å². The van der Waals surface area contributed by atoms with Crippen molar-refractivity contribution >= 4 is 11.8 Å². The number of carbonyl (C=O) groups excluding carboxylic acids is 2. The number of nitrogens with two attached hydrogens (primary N) is 2. The summed E-state index contributed by atoms with van der Waals surface area (Å²) >= 11 is 0. The molecule has 0 radical (unpaired) electrons. The van der Waals surface area contributed by atoms with Gasteiger partial charge in [0.2, 0.25) is 11.8 Å². The second kappa shape index (κ2) is 10.0. The zero-order chi connectivity index (χ0) is 13.1. The summed E-state index contributed by atoms with van der Waals surface area (Å²) in [7, 11) is 0. The Morgan fingerprint density at radius 2 is 1.76 bits per heavy atom. The topological polar surface area (TPSA) is 110 Å². The summed E-state index contributed by atoms with van der Waals surface area (Å²) in [6.07, 6.45) is 3.64. The number of unbranched alkanes of at least 4 members (excludes halogenated alkanes) is 1. The van der Waals surface area contributed by atoms with Crippen molar-refractivity contribution in [2.45, 2.75) is 38.6 Å². The first kappa shape index (κ1) is 15.9. The van der Waals surface area contributed by atoms with Gasteiger partial charge < -0.3 is 22.1 Å². The maximum atomic E-state index is 11.1. The van der Waals surface area contributed by atoms with Crippen LogP contribution in [0, 0.1) is 0 Å². The van der Waals surface area contributed by atoms with Crippen molar-refractivity contribution in [1.29, 1.82) is 0 Å². The van der Waals surface area contributed by atoms with Gasteiger partial charge in [-0.3, -0.25) is 9.59 Å². The highest BCUT2D eigenvalue weighted by atomic mass is 16.2. The molecule has 1 unspecified atom stereocenters. The van der Waals surface area contributed by atoms with Gasteiger partial charge in [-0.1, -0.05) is 6.92 Å². The first-order valence-electron chi connectivity index (χ1n) is 6.10. The number of amides is 2. The van der Waals surface area contributed by atoms with E-state index in [1.165, 1.54) is 0 Å². The zero-order valence-electron chi connectivity index (χ0n) is 10.5. The molecule has 0 aliphatic rings. The minimum atomic E-state index is -0.131. The van der Waals surface area contributed by atoms with Crippen molar-refractivity contribution < 1.29 is 9.59 Å². The molecule has 0 heterocycles. The van der Waals surface area contributed by atoms with E-state index >= 15 is 0 Å².